The summed E-state index contributed by atoms with van der Waals surface area (Å²) in [5.41, 5.74) is 3.17. The van der Waals surface area contributed by atoms with Crippen LogP contribution in [0.3, 0.4) is 0 Å². The van der Waals surface area contributed by atoms with E-state index in [1.807, 2.05) is 30.2 Å². The standard InChI is InChI=1S/C25H29N7O3/c1-15-26-11-16(12-27-15)19-5-6-20-21(29-19)22-17(13-28-20)14-30(4)24(34)32(22)18-7-9-31(10-8-18)23(33)25(2,3)35/h5-6,11-13,18,35H,7-10,14H2,1-4H3. The van der Waals surface area contributed by atoms with Crippen LogP contribution in [0.25, 0.3) is 22.3 Å². The summed E-state index contributed by atoms with van der Waals surface area (Å²) in [5, 5.41) is 10.1. The minimum absolute atomic E-state index is 0.0943. The largest absolute Gasteiger partial charge is 0.381 e. The zero-order valence-electron chi connectivity index (χ0n) is 20.4. The highest BCUT2D eigenvalue weighted by Gasteiger charge is 2.39. The van der Waals surface area contributed by atoms with Crippen molar-refractivity contribution in [2.45, 2.75) is 51.8 Å². The third-order valence-electron chi connectivity index (χ3n) is 6.66. The van der Waals surface area contributed by atoms with Gasteiger partial charge in [0.15, 0.2) is 0 Å². The van der Waals surface area contributed by atoms with Crippen LogP contribution in [0.4, 0.5) is 10.5 Å². The first-order valence-corrected chi connectivity index (χ1v) is 11.8. The van der Waals surface area contributed by atoms with Gasteiger partial charge in [-0.1, -0.05) is 0 Å². The molecule has 0 atom stereocenters. The van der Waals surface area contributed by atoms with Crippen LogP contribution in [0.1, 0.15) is 38.1 Å². The van der Waals surface area contributed by atoms with Crippen LogP contribution in [0, 0.1) is 6.92 Å². The number of pyridine rings is 2. The number of nitrogens with zero attached hydrogens (tertiary/aromatic N) is 7. The van der Waals surface area contributed by atoms with Crippen molar-refractivity contribution in [3.8, 4) is 11.3 Å². The molecule has 2 aliphatic heterocycles. The van der Waals surface area contributed by atoms with Gasteiger partial charge in [-0.3, -0.25) is 14.7 Å². The van der Waals surface area contributed by atoms with Crippen LogP contribution in [0.2, 0.25) is 0 Å². The number of aromatic nitrogens is 4. The fourth-order valence-electron chi connectivity index (χ4n) is 4.82. The van der Waals surface area contributed by atoms with E-state index in [1.165, 1.54) is 13.8 Å². The van der Waals surface area contributed by atoms with E-state index in [0.29, 0.717) is 55.0 Å². The molecule has 3 aromatic rings. The lowest BCUT2D eigenvalue weighted by Crippen LogP contribution is -2.56. The second kappa shape index (κ2) is 8.53. The van der Waals surface area contributed by atoms with Gasteiger partial charge >= 0.3 is 6.03 Å². The Morgan fingerprint density at radius 3 is 2.43 bits per heavy atom. The second-order valence-corrected chi connectivity index (χ2v) is 9.81. The van der Waals surface area contributed by atoms with Gasteiger partial charge < -0.3 is 14.9 Å². The molecule has 0 spiro atoms. The molecule has 182 valence electrons. The van der Waals surface area contributed by atoms with E-state index in [4.69, 9.17) is 4.98 Å². The lowest BCUT2D eigenvalue weighted by atomic mass is 9.98. The predicted octanol–water partition coefficient (Wildman–Crippen LogP) is 2.53. The molecule has 3 aromatic heterocycles. The number of carbonyl (C=O) groups is 2. The molecule has 10 heteroatoms. The Labute approximate surface area is 203 Å². The van der Waals surface area contributed by atoms with Crippen LogP contribution >= 0.6 is 0 Å². The number of hydrogen-bond acceptors (Lipinski definition) is 7. The fraction of sp³-hybridized carbons (Fsp3) is 0.440. The molecule has 1 fully saturated rings. The van der Waals surface area contributed by atoms with Gasteiger partial charge in [-0.15, -0.1) is 0 Å². The summed E-state index contributed by atoms with van der Waals surface area (Å²) < 4.78 is 0. The average Bonchev–Trinajstić information content (AvgIpc) is 2.84. The van der Waals surface area contributed by atoms with Gasteiger partial charge in [-0.25, -0.2) is 19.7 Å². The Bertz CT molecular complexity index is 1290. The predicted molar refractivity (Wildman–Crippen MR) is 131 cm³/mol. The topological polar surface area (TPSA) is 116 Å². The van der Waals surface area contributed by atoms with E-state index in [9.17, 15) is 14.7 Å². The highest BCUT2D eigenvalue weighted by molar-refractivity contribution is 6.04. The zero-order chi connectivity index (χ0) is 24.9. The van der Waals surface area contributed by atoms with Crippen molar-refractivity contribution in [1.82, 2.24) is 29.7 Å². The number of fused-ring (bicyclic) bond motifs is 3. The molecule has 0 unspecified atom stereocenters. The summed E-state index contributed by atoms with van der Waals surface area (Å²) in [4.78, 5) is 49.3. The lowest BCUT2D eigenvalue weighted by molar-refractivity contribution is -0.148. The first-order valence-electron chi connectivity index (χ1n) is 11.8. The van der Waals surface area contributed by atoms with Crippen molar-refractivity contribution in [1.29, 1.82) is 0 Å². The number of anilines is 1. The molecular formula is C25H29N7O3. The third kappa shape index (κ3) is 4.18. The number of carbonyl (C=O) groups excluding carboxylic acids is 2. The van der Waals surface area contributed by atoms with E-state index in [1.54, 1.807) is 29.2 Å². The molecule has 10 nitrogen and oxygen atoms in total. The van der Waals surface area contributed by atoms with E-state index in [0.717, 1.165) is 16.8 Å². The molecule has 35 heavy (non-hydrogen) atoms. The molecule has 0 radical (unpaired) electrons. The maximum Gasteiger partial charge on any atom is 0.324 e. The monoisotopic (exact) mass is 475 g/mol. The molecule has 1 N–H and O–H groups in total. The molecule has 5 rings (SSSR count). The van der Waals surface area contributed by atoms with Crippen molar-refractivity contribution >= 4 is 28.7 Å². The number of rotatable bonds is 3. The number of aliphatic hydroxyl groups is 1. The number of piperidine rings is 1. The molecule has 0 aliphatic carbocycles. The molecule has 3 amide bonds. The van der Waals surface area contributed by atoms with Gasteiger partial charge in [0.25, 0.3) is 5.91 Å². The summed E-state index contributed by atoms with van der Waals surface area (Å²) in [5.74, 6) is 0.391. The number of hydrogen-bond donors (Lipinski definition) is 1. The van der Waals surface area contributed by atoms with E-state index in [2.05, 4.69) is 15.0 Å². The second-order valence-electron chi connectivity index (χ2n) is 9.81. The van der Waals surface area contributed by atoms with Crippen LogP contribution < -0.4 is 4.90 Å². The average molecular weight is 476 g/mol. The number of amides is 3. The normalized spacial score (nSPS) is 17.2. The number of likely N-dealkylation sites (tertiary alicyclic amines) is 1. The summed E-state index contributed by atoms with van der Waals surface area (Å²) in [6, 6.07) is 3.60. The van der Waals surface area contributed by atoms with E-state index >= 15 is 0 Å². The SMILES string of the molecule is Cc1ncc(-c2ccc3ncc4c(c3n2)N(C2CCN(C(=O)C(C)(C)O)CC2)C(=O)N(C)C4)cn1. The van der Waals surface area contributed by atoms with Crippen LogP contribution in [-0.4, -0.2) is 78.6 Å². The van der Waals surface area contributed by atoms with Crippen LogP contribution in [0.15, 0.2) is 30.7 Å². The first-order chi connectivity index (χ1) is 16.6. The van der Waals surface area contributed by atoms with Crippen molar-refractivity contribution in [3.05, 3.63) is 42.1 Å². The molecule has 5 heterocycles. The molecule has 1 saturated heterocycles. The molecule has 0 saturated carbocycles. The molecule has 0 aromatic carbocycles. The summed E-state index contributed by atoms with van der Waals surface area (Å²) >= 11 is 0. The summed E-state index contributed by atoms with van der Waals surface area (Å²) in [6.07, 6.45) is 6.51. The Morgan fingerprint density at radius 1 is 1.09 bits per heavy atom. The quantitative estimate of drug-likeness (QED) is 0.619. The summed E-state index contributed by atoms with van der Waals surface area (Å²) in [7, 11) is 1.78. The maximum absolute atomic E-state index is 13.5. The van der Waals surface area contributed by atoms with Crippen molar-refractivity contribution < 1.29 is 14.7 Å². The van der Waals surface area contributed by atoms with Gasteiger partial charge in [0, 0.05) is 55.9 Å². The smallest absolute Gasteiger partial charge is 0.324 e. The number of aryl methyl sites for hydroxylation is 1. The lowest BCUT2D eigenvalue weighted by Gasteiger charge is -2.43. The Kier molecular flexibility index (Phi) is 5.63. The Morgan fingerprint density at radius 2 is 1.77 bits per heavy atom. The van der Waals surface area contributed by atoms with Crippen molar-refractivity contribution in [3.63, 3.8) is 0 Å². The van der Waals surface area contributed by atoms with Gasteiger partial charge in [-0.2, -0.15) is 0 Å². The fourth-order valence-corrected chi connectivity index (χ4v) is 4.82. The van der Waals surface area contributed by atoms with E-state index in [-0.39, 0.29) is 18.0 Å². The minimum atomic E-state index is -1.41. The molecule has 2 aliphatic rings. The maximum atomic E-state index is 13.5. The summed E-state index contributed by atoms with van der Waals surface area (Å²) in [6.45, 7) is 6.23. The van der Waals surface area contributed by atoms with Crippen LogP contribution in [-0.2, 0) is 11.3 Å². The van der Waals surface area contributed by atoms with Gasteiger partial charge in [0.05, 0.1) is 23.4 Å². The van der Waals surface area contributed by atoms with Gasteiger partial charge in [-0.05, 0) is 45.7 Å². The highest BCUT2D eigenvalue weighted by atomic mass is 16.3. The van der Waals surface area contributed by atoms with E-state index < -0.39 is 5.60 Å². The molecule has 0 bridgehead atoms. The third-order valence-corrected chi connectivity index (χ3v) is 6.66. The van der Waals surface area contributed by atoms with Crippen molar-refractivity contribution in [2.75, 3.05) is 25.0 Å². The number of urea groups is 1. The first kappa shape index (κ1) is 23.1. The van der Waals surface area contributed by atoms with Crippen molar-refractivity contribution in [2.24, 2.45) is 0 Å². The van der Waals surface area contributed by atoms with Gasteiger partial charge in [0.1, 0.15) is 16.9 Å². The Balaban J connectivity index is 1.54. The Hall–Kier alpha value is -3.66. The minimum Gasteiger partial charge on any atom is -0.381 e. The van der Waals surface area contributed by atoms with Gasteiger partial charge in [0.2, 0.25) is 0 Å². The molecular weight excluding hydrogens is 446 g/mol. The van der Waals surface area contributed by atoms with Crippen LogP contribution in [0.5, 0.6) is 0 Å². The highest BCUT2D eigenvalue weighted by Crippen LogP contribution is 2.37. The zero-order valence-corrected chi connectivity index (χ0v) is 20.4.